The van der Waals surface area contributed by atoms with E-state index in [1.54, 1.807) is 30.1 Å². The van der Waals surface area contributed by atoms with Gasteiger partial charge in [-0.25, -0.2) is 14.8 Å². The van der Waals surface area contributed by atoms with E-state index in [2.05, 4.69) is 9.97 Å². The van der Waals surface area contributed by atoms with Crippen molar-refractivity contribution in [3.8, 4) is 5.75 Å². The number of ether oxygens (including phenoxy) is 1. The van der Waals surface area contributed by atoms with Crippen molar-refractivity contribution in [1.29, 1.82) is 0 Å². The number of nitrogens with zero attached hydrogens (tertiary/aromatic N) is 2. The Morgan fingerprint density at radius 2 is 2.26 bits per heavy atom. The van der Waals surface area contributed by atoms with Crippen LogP contribution in [0.1, 0.15) is 10.4 Å². The predicted octanol–water partition coefficient (Wildman–Crippen LogP) is 2.35. The van der Waals surface area contributed by atoms with Crippen LogP contribution in [0.2, 0.25) is 0 Å². The van der Waals surface area contributed by atoms with Crippen LogP contribution in [0.3, 0.4) is 0 Å². The predicted molar refractivity (Wildman–Crippen MR) is 71.7 cm³/mol. The lowest BCUT2D eigenvalue weighted by molar-refractivity contribution is 0.0696. The van der Waals surface area contributed by atoms with Gasteiger partial charge >= 0.3 is 5.97 Å². The first kappa shape index (κ1) is 13.4. The van der Waals surface area contributed by atoms with E-state index >= 15 is 0 Å². The maximum Gasteiger partial charge on any atom is 0.335 e. The molecule has 6 heteroatoms. The molecule has 1 N–H and O–H groups in total. The fraction of sp³-hybridized carbons (Fsp3) is 0.154. The number of benzene rings is 1. The lowest BCUT2D eigenvalue weighted by Crippen LogP contribution is -2.02. The molecule has 0 unspecified atom stereocenters. The van der Waals surface area contributed by atoms with Crippen LogP contribution in [0, 0.1) is 0 Å². The van der Waals surface area contributed by atoms with Gasteiger partial charge in [0.05, 0.1) is 17.2 Å². The van der Waals surface area contributed by atoms with Gasteiger partial charge < -0.3 is 9.84 Å². The average molecular weight is 276 g/mol. The van der Waals surface area contributed by atoms with Crippen molar-refractivity contribution in [2.45, 2.75) is 5.03 Å². The number of hydrogen-bond acceptors (Lipinski definition) is 5. The molecule has 0 radical (unpaired) electrons. The molecule has 0 saturated carbocycles. The maximum atomic E-state index is 10.8. The molecule has 0 aliphatic carbocycles. The molecule has 0 bridgehead atoms. The van der Waals surface area contributed by atoms with E-state index in [1.165, 1.54) is 18.5 Å². The number of carboxylic acids is 1. The Hall–Kier alpha value is -2.08. The smallest absolute Gasteiger partial charge is 0.335 e. The van der Waals surface area contributed by atoms with E-state index < -0.39 is 5.97 Å². The molecule has 1 aromatic carbocycles. The highest BCUT2D eigenvalue weighted by Gasteiger charge is 2.03. The van der Waals surface area contributed by atoms with Gasteiger partial charge in [0.15, 0.2) is 0 Å². The number of thioether (sulfide) groups is 1. The SMILES string of the molecule is O=C(O)c1cccc(OCCSc2ccncn2)c1. The Labute approximate surface area is 114 Å². The minimum Gasteiger partial charge on any atom is -0.493 e. The van der Waals surface area contributed by atoms with Crippen molar-refractivity contribution in [2.75, 3.05) is 12.4 Å². The number of carboxylic acid groups (broad SMARTS) is 1. The van der Waals surface area contributed by atoms with E-state index in [9.17, 15) is 4.79 Å². The van der Waals surface area contributed by atoms with Gasteiger partial charge in [0.1, 0.15) is 12.1 Å². The zero-order valence-corrected chi connectivity index (χ0v) is 10.8. The highest BCUT2D eigenvalue weighted by atomic mass is 32.2. The van der Waals surface area contributed by atoms with Gasteiger partial charge in [0, 0.05) is 11.9 Å². The zero-order valence-electron chi connectivity index (χ0n) is 10.0. The van der Waals surface area contributed by atoms with Gasteiger partial charge in [-0.3, -0.25) is 0 Å². The summed E-state index contributed by atoms with van der Waals surface area (Å²) in [4.78, 5) is 18.7. The van der Waals surface area contributed by atoms with Crippen LogP contribution in [-0.4, -0.2) is 33.4 Å². The summed E-state index contributed by atoms with van der Waals surface area (Å²) in [6, 6.07) is 8.27. The largest absolute Gasteiger partial charge is 0.493 e. The fourth-order valence-corrected chi connectivity index (χ4v) is 2.04. The average Bonchev–Trinajstić information content (AvgIpc) is 2.45. The highest BCUT2D eigenvalue weighted by molar-refractivity contribution is 7.99. The summed E-state index contributed by atoms with van der Waals surface area (Å²) in [5.41, 5.74) is 0.223. The summed E-state index contributed by atoms with van der Waals surface area (Å²) in [6.45, 7) is 0.484. The molecule has 0 saturated heterocycles. The third-order valence-corrected chi connectivity index (χ3v) is 3.15. The molecule has 2 rings (SSSR count). The van der Waals surface area contributed by atoms with Crippen LogP contribution in [0.4, 0.5) is 0 Å². The molecule has 19 heavy (non-hydrogen) atoms. The Morgan fingerprint density at radius 1 is 1.37 bits per heavy atom. The molecule has 5 nitrogen and oxygen atoms in total. The second kappa shape index (κ2) is 6.75. The maximum absolute atomic E-state index is 10.8. The van der Waals surface area contributed by atoms with Crippen molar-refractivity contribution in [3.05, 3.63) is 48.4 Å². The summed E-state index contributed by atoms with van der Waals surface area (Å²) in [5, 5.41) is 9.74. The number of hydrogen-bond donors (Lipinski definition) is 1. The van der Waals surface area contributed by atoms with Gasteiger partial charge in [-0.2, -0.15) is 0 Å². The van der Waals surface area contributed by atoms with Crippen molar-refractivity contribution < 1.29 is 14.6 Å². The van der Waals surface area contributed by atoms with E-state index in [-0.39, 0.29) is 5.56 Å². The van der Waals surface area contributed by atoms with Crippen LogP contribution in [0.25, 0.3) is 0 Å². The fourth-order valence-electron chi connectivity index (χ4n) is 1.39. The molecule has 0 aliphatic heterocycles. The molecule has 1 aromatic heterocycles. The number of rotatable bonds is 6. The van der Waals surface area contributed by atoms with Crippen LogP contribution in [0.15, 0.2) is 47.9 Å². The van der Waals surface area contributed by atoms with Crippen molar-refractivity contribution in [3.63, 3.8) is 0 Å². The molecule has 0 spiro atoms. The number of aromatic nitrogens is 2. The van der Waals surface area contributed by atoms with Gasteiger partial charge in [-0.1, -0.05) is 6.07 Å². The number of carbonyl (C=O) groups is 1. The van der Waals surface area contributed by atoms with Gasteiger partial charge in [0.25, 0.3) is 0 Å². The van der Waals surface area contributed by atoms with Gasteiger partial charge in [0.2, 0.25) is 0 Å². The molecular weight excluding hydrogens is 264 g/mol. The van der Waals surface area contributed by atoms with Crippen LogP contribution in [0.5, 0.6) is 5.75 Å². The van der Waals surface area contributed by atoms with Gasteiger partial charge in [-0.15, -0.1) is 11.8 Å². The summed E-state index contributed by atoms with van der Waals surface area (Å²) in [7, 11) is 0. The molecule has 1 heterocycles. The first-order valence-electron chi connectivity index (χ1n) is 5.60. The minimum absolute atomic E-state index is 0.223. The van der Waals surface area contributed by atoms with Crippen molar-refractivity contribution in [1.82, 2.24) is 9.97 Å². The molecule has 0 aliphatic rings. The standard InChI is InChI=1S/C13H12N2O3S/c16-13(17)10-2-1-3-11(8-10)18-6-7-19-12-4-5-14-9-15-12/h1-5,8-9H,6-7H2,(H,16,17). The third kappa shape index (κ3) is 4.26. The quantitative estimate of drug-likeness (QED) is 0.496. The Balaban J connectivity index is 1.80. The molecule has 0 atom stereocenters. The summed E-state index contributed by atoms with van der Waals surface area (Å²) < 4.78 is 5.49. The second-order valence-electron chi connectivity index (χ2n) is 3.58. The van der Waals surface area contributed by atoms with Crippen molar-refractivity contribution in [2.24, 2.45) is 0 Å². The van der Waals surface area contributed by atoms with Crippen molar-refractivity contribution >= 4 is 17.7 Å². The summed E-state index contributed by atoms with van der Waals surface area (Å²) in [6.07, 6.45) is 3.19. The molecular formula is C13H12N2O3S. The first-order chi connectivity index (χ1) is 9.25. The lowest BCUT2D eigenvalue weighted by Gasteiger charge is -2.06. The Kier molecular flexibility index (Phi) is 4.74. The highest BCUT2D eigenvalue weighted by Crippen LogP contribution is 2.16. The first-order valence-corrected chi connectivity index (χ1v) is 6.59. The molecule has 0 fully saturated rings. The molecule has 98 valence electrons. The normalized spacial score (nSPS) is 10.1. The lowest BCUT2D eigenvalue weighted by atomic mass is 10.2. The molecule has 2 aromatic rings. The van der Waals surface area contributed by atoms with Crippen LogP contribution >= 0.6 is 11.8 Å². The van der Waals surface area contributed by atoms with E-state index in [0.717, 1.165) is 10.8 Å². The topological polar surface area (TPSA) is 72.3 Å². The zero-order chi connectivity index (χ0) is 13.5. The molecule has 0 amide bonds. The minimum atomic E-state index is -0.958. The van der Waals surface area contributed by atoms with E-state index in [0.29, 0.717) is 12.4 Å². The Morgan fingerprint density at radius 3 is 3.00 bits per heavy atom. The monoisotopic (exact) mass is 276 g/mol. The van der Waals surface area contributed by atoms with Gasteiger partial charge in [-0.05, 0) is 24.3 Å². The van der Waals surface area contributed by atoms with E-state index in [1.807, 2.05) is 6.07 Å². The second-order valence-corrected chi connectivity index (χ2v) is 4.69. The Bertz CT molecular complexity index is 549. The van der Waals surface area contributed by atoms with E-state index in [4.69, 9.17) is 9.84 Å². The van der Waals surface area contributed by atoms with Crippen LogP contribution in [-0.2, 0) is 0 Å². The summed E-state index contributed by atoms with van der Waals surface area (Å²) >= 11 is 1.56. The summed E-state index contributed by atoms with van der Waals surface area (Å²) in [5.74, 6) is 0.331. The van der Waals surface area contributed by atoms with Crippen LogP contribution < -0.4 is 4.74 Å². The number of aromatic carboxylic acids is 1. The third-order valence-electron chi connectivity index (χ3n) is 2.24.